The number of aromatic nitrogens is 4. The van der Waals surface area contributed by atoms with E-state index < -0.39 is 12.6 Å². The molecule has 0 aliphatic carbocycles. The average molecular weight is 683 g/mol. The zero-order valence-electron chi connectivity index (χ0n) is 26.2. The second-order valence-corrected chi connectivity index (χ2v) is 13.0. The minimum Gasteiger partial charge on any atom is -0.387 e. The topological polar surface area (TPSA) is 144 Å². The van der Waals surface area contributed by atoms with Gasteiger partial charge in [0.25, 0.3) is 0 Å². The number of anilines is 3. The van der Waals surface area contributed by atoms with Crippen molar-refractivity contribution in [2.75, 3.05) is 30.3 Å². The highest BCUT2D eigenvalue weighted by Gasteiger charge is 2.30. The first-order valence-corrected chi connectivity index (χ1v) is 16.5. The van der Waals surface area contributed by atoms with Crippen LogP contribution in [0.5, 0.6) is 0 Å². The van der Waals surface area contributed by atoms with Crippen molar-refractivity contribution in [1.82, 2.24) is 30.2 Å². The summed E-state index contributed by atoms with van der Waals surface area (Å²) in [7, 11) is 0. The number of benzene rings is 3. The molecule has 48 heavy (non-hydrogen) atoms. The molecule has 4 N–H and O–H groups in total. The van der Waals surface area contributed by atoms with E-state index in [9.17, 15) is 15.2 Å². The van der Waals surface area contributed by atoms with E-state index in [0.717, 1.165) is 53.9 Å². The fourth-order valence-corrected chi connectivity index (χ4v) is 6.97. The van der Waals surface area contributed by atoms with E-state index in [2.05, 4.69) is 37.3 Å². The number of carbonyl (C=O) groups excluding carboxylic acids is 1. The van der Waals surface area contributed by atoms with Crippen molar-refractivity contribution in [2.24, 2.45) is 0 Å². The molecule has 5 aromatic rings. The molecule has 0 bridgehead atoms. The van der Waals surface area contributed by atoms with E-state index in [0.29, 0.717) is 56.7 Å². The van der Waals surface area contributed by atoms with Gasteiger partial charge in [-0.15, -0.1) is 5.10 Å². The van der Waals surface area contributed by atoms with Gasteiger partial charge in [0, 0.05) is 41.1 Å². The Labute approximate surface area is 287 Å². The second-order valence-electron chi connectivity index (χ2n) is 12.2. The summed E-state index contributed by atoms with van der Waals surface area (Å²) in [4.78, 5) is 18.7. The highest BCUT2D eigenvalue weighted by molar-refractivity contribution is 6.36. The van der Waals surface area contributed by atoms with Gasteiger partial charge in [0.05, 0.1) is 40.1 Å². The van der Waals surface area contributed by atoms with Crippen molar-refractivity contribution >= 4 is 57.1 Å². The number of hydrogen-bond donors (Lipinski definition) is 4. The summed E-state index contributed by atoms with van der Waals surface area (Å²) >= 11 is 13.3. The first-order valence-electron chi connectivity index (χ1n) is 15.8. The van der Waals surface area contributed by atoms with E-state index in [4.69, 9.17) is 23.2 Å². The summed E-state index contributed by atoms with van der Waals surface area (Å²) in [6.45, 7) is 4.00. The lowest BCUT2D eigenvalue weighted by Gasteiger charge is -2.23. The van der Waals surface area contributed by atoms with Crippen molar-refractivity contribution in [3.63, 3.8) is 0 Å². The van der Waals surface area contributed by atoms with Gasteiger partial charge in [-0.05, 0) is 79.4 Å². The average Bonchev–Trinajstić information content (AvgIpc) is 3.78. The molecule has 4 heterocycles. The van der Waals surface area contributed by atoms with Crippen molar-refractivity contribution in [3.8, 4) is 6.07 Å². The van der Waals surface area contributed by atoms with Crippen LogP contribution >= 0.6 is 23.2 Å². The first kappa shape index (κ1) is 31.8. The number of aryl methyl sites for hydroxylation is 1. The number of pyridine rings is 1. The fourth-order valence-electron chi connectivity index (χ4n) is 6.52. The number of hydrogen-bond acceptors (Lipinski definition) is 9. The molecule has 13 heteroatoms. The minimum absolute atomic E-state index is 0.238. The molecule has 0 spiro atoms. The Balaban J connectivity index is 1.32. The lowest BCUT2D eigenvalue weighted by Crippen LogP contribution is -2.29. The van der Waals surface area contributed by atoms with Crippen LogP contribution in [0, 0.1) is 18.3 Å². The smallest absolute Gasteiger partial charge is 0.248 e. The number of nitrogens with one attached hydrogen (secondary N) is 3. The van der Waals surface area contributed by atoms with E-state index in [-0.39, 0.29) is 11.9 Å². The molecule has 3 aromatic carbocycles. The van der Waals surface area contributed by atoms with Gasteiger partial charge in [-0.1, -0.05) is 52.7 Å². The molecule has 7 rings (SSSR count). The molecule has 244 valence electrons. The lowest BCUT2D eigenvalue weighted by atomic mass is 9.95. The Morgan fingerprint density at radius 2 is 1.94 bits per heavy atom. The summed E-state index contributed by atoms with van der Waals surface area (Å²) < 4.78 is 1.95. The van der Waals surface area contributed by atoms with Crippen LogP contribution in [-0.2, 0) is 17.9 Å². The summed E-state index contributed by atoms with van der Waals surface area (Å²) in [6, 6.07) is 17.4. The van der Waals surface area contributed by atoms with Gasteiger partial charge in [0.1, 0.15) is 18.4 Å². The normalized spacial score (nSPS) is 15.3. The van der Waals surface area contributed by atoms with Crippen LogP contribution in [-0.4, -0.2) is 55.6 Å². The molecule has 0 unspecified atom stereocenters. The monoisotopic (exact) mass is 681 g/mol. The standard InChI is InChI=1S/C35H33Cl2N9O2/c1-20-5-6-23(12-29(20)36)41-33-22(14-38)15-40-34-27(33)11-24(13-30(34)37)42-35(31-18-46(44-43-31)25-7-9-39-10-8-25)26-4-2-3-21-16-45(17-28(21)26)32(48)19-47/h2-6,11-13,15,18,25,35,39,42,47H,7-10,16-17,19H2,1H3,(H,40,41)/t35-/m0/s1. The van der Waals surface area contributed by atoms with Crippen LogP contribution in [0.1, 0.15) is 58.4 Å². The Hall–Kier alpha value is -4.73. The number of carbonyl (C=O) groups is 1. The maximum Gasteiger partial charge on any atom is 0.248 e. The molecule has 2 aliphatic heterocycles. The highest BCUT2D eigenvalue weighted by Crippen LogP contribution is 2.39. The number of aliphatic hydroxyl groups excluding tert-OH is 1. The zero-order valence-corrected chi connectivity index (χ0v) is 27.7. The fraction of sp³-hybridized carbons (Fsp3) is 0.286. The number of rotatable bonds is 8. The van der Waals surface area contributed by atoms with Crippen LogP contribution < -0.4 is 16.0 Å². The van der Waals surface area contributed by atoms with Crippen LogP contribution in [0.3, 0.4) is 0 Å². The molecular formula is C35H33Cl2N9O2. The molecule has 2 aromatic heterocycles. The molecule has 2 aliphatic rings. The van der Waals surface area contributed by atoms with E-state index >= 15 is 0 Å². The number of piperidine rings is 1. The Morgan fingerprint density at radius 3 is 2.71 bits per heavy atom. The number of halogens is 2. The maximum atomic E-state index is 12.5. The molecule has 11 nitrogen and oxygen atoms in total. The van der Waals surface area contributed by atoms with Gasteiger partial charge in [0.15, 0.2) is 0 Å². The van der Waals surface area contributed by atoms with Crippen LogP contribution in [0.15, 0.2) is 60.9 Å². The van der Waals surface area contributed by atoms with Gasteiger partial charge >= 0.3 is 0 Å². The van der Waals surface area contributed by atoms with Gasteiger partial charge in [-0.2, -0.15) is 5.26 Å². The number of nitriles is 1. The van der Waals surface area contributed by atoms with Crippen molar-refractivity contribution < 1.29 is 9.90 Å². The molecule has 1 saturated heterocycles. The van der Waals surface area contributed by atoms with Crippen molar-refractivity contribution in [3.05, 3.63) is 104 Å². The zero-order chi connectivity index (χ0) is 33.4. The predicted molar refractivity (Wildman–Crippen MR) is 185 cm³/mol. The van der Waals surface area contributed by atoms with Crippen molar-refractivity contribution in [1.29, 1.82) is 5.26 Å². The second kappa shape index (κ2) is 13.4. The van der Waals surface area contributed by atoms with E-state index in [1.807, 2.05) is 66.3 Å². The molecule has 1 amide bonds. The Bertz CT molecular complexity index is 2070. The summed E-state index contributed by atoms with van der Waals surface area (Å²) in [6.07, 6.45) is 5.41. The van der Waals surface area contributed by atoms with Crippen LogP contribution in [0.25, 0.3) is 10.9 Å². The Kier molecular flexibility index (Phi) is 8.90. The van der Waals surface area contributed by atoms with Gasteiger partial charge in [0.2, 0.25) is 5.91 Å². The maximum absolute atomic E-state index is 12.5. The SMILES string of the molecule is Cc1ccc(Nc2c(C#N)cnc3c(Cl)cc(N[C@H](c4cn(C5CCNCC5)nn4)c4cccc5c4CN(C(=O)CO)C5)cc23)cc1Cl. The number of fused-ring (bicyclic) bond motifs is 2. The van der Waals surface area contributed by atoms with Crippen molar-refractivity contribution in [2.45, 2.75) is 44.9 Å². The summed E-state index contributed by atoms with van der Waals surface area (Å²) in [5.74, 6) is -0.324. The molecule has 0 saturated carbocycles. The van der Waals surface area contributed by atoms with Gasteiger partial charge in [-0.3, -0.25) is 9.78 Å². The molecular weight excluding hydrogens is 649 g/mol. The lowest BCUT2D eigenvalue weighted by molar-refractivity contribution is -0.134. The molecule has 1 atom stereocenters. The third-order valence-electron chi connectivity index (χ3n) is 9.12. The van der Waals surface area contributed by atoms with Gasteiger partial charge < -0.3 is 26.0 Å². The van der Waals surface area contributed by atoms with Gasteiger partial charge in [-0.25, -0.2) is 4.68 Å². The summed E-state index contributed by atoms with van der Waals surface area (Å²) in [5, 5.41) is 40.9. The number of aliphatic hydroxyl groups is 1. The van der Waals surface area contributed by atoms with Crippen LogP contribution in [0.2, 0.25) is 10.0 Å². The number of amides is 1. The first-order chi connectivity index (χ1) is 23.3. The summed E-state index contributed by atoms with van der Waals surface area (Å²) in [5.41, 5.74) is 7.43. The minimum atomic E-state index is -0.547. The number of nitrogens with zero attached hydrogens (tertiary/aromatic N) is 6. The van der Waals surface area contributed by atoms with E-state index in [1.54, 1.807) is 4.90 Å². The largest absolute Gasteiger partial charge is 0.387 e. The third-order valence-corrected chi connectivity index (χ3v) is 9.82. The predicted octanol–water partition coefficient (Wildman–Crippen LogP) is 6.02. The third kappa shape index (κ3) is 6.16. The van der Waals surface area contributed by atoms with E-state index in [1.165, 1.54) is 6.20 Å². The molecule has 0 radical (unpaired) electrons. The quantitative estimate of drug-likeness (QED) is 0.155. The molecule has 1 fully saturated rings. The highest BCUT2D eigenvalue weighted by atomic mass is 35.5. The van der Waals surface area contributed by atoms with Crippen LogP contribution in [0.4, 0.5) is 17.1 Å². The Morgan fingerprint density at radius 1 is 1.12 bits per heavy atom.